The number of ether oxygens (including phenoxy) is 1. The molecule has 1 atom stereocenters. The van der Waals surface area contributed by atoms with E-state index >= 15 is 0 Å². The number of benzene rings is 1. The Hall–Kier alpha value is -1.55. The minimum absolute atomic E-state index is 0.291. The average molecular weight is 195 g/mol. The standard InChI is InChI=1S/C10H13NO3/c1-8(14-7-10(12)13)11-9-5-3-2-4-6-9/h2-6,8,11H,7H2,1H3,(H,12,13). The molecule has 0 saturated heterocycles. The number of nitrogens with one attached hydrogen (secondary N) is 1. The molecule has 0 aliphatic rings. The predicted octanol–water partition coefficient (Wildman–Crippen LogP) is 1.55. The van der Waals surface area contributed by atoms with Gasteiger partial charge in [0.05, 0.1) is 0 Å². The zero-order valence-corrected chi connectivity index (χ0v) is 7.93. The molecule has 0 radical (unpaired) electrons. The largest absolute Gasteiger partial charge is 0.480 e. The molecule has 0 amide bonds. The van der Waals surface area contributed by atoms with E-state index in [0.29, 0.717) is 0 Å². The van der Waals surface area contributed by atoms with E-state index in [1.807, 2.05) is 30.3 Å². The number of hydrogen-bond acceptors (Lipinski definition) is 3. The molecule has 76 valence electrons. The highest BCUT2D eigenvalue weighted by molar-refractivity contribution is 5.68. The van der Waals surface area contributed by atoms with Crippen molar-refractivity contribution in [2.24, 2.45) is 0 Å². The van der Waals surface area contributed by atoms with E-state index in [1.165, 1.54) is 0 Å². The summed E-state index contributed by atoms with van der Waals surface area (Å²) < 4.78 is 5.00. The van der Waals surface area contributed by atoms with E-state index in [2.05, 4.69) is 5.32 Å². The molecule has 0 bridgehead atoms. The van der Waals surface area contributed by atoms with Crippen molar-refractivity contribution in [2.75, 3.05) is 11.9 Å². The van der Waals surface area contributed by atoms with Gasteiger partial charge in [0.2, 0.25) is 0 Å². The van der Waals surface area contributed by atoms with Crippen LogP contribution in [-0.4, -0.2) is 23.9 Å². The summed E-state index contributed by atoms with van der Waals surface area (Å²) in [6.45, 7) is 1.47. The van der Waals surface area contributed by atoms with Crippen molar-refractivity contribution in [1.29, 1.82) is 0 Å². The average Bonchev–Trinajstić information content (AvgIpc) is 2.16. The molecule has 0 heterocycles. The fraction of sp³-hybridized carbons (Fsp3) is 0.300. The topological polar surface area (TPSA) is 58.6 Å². The molecule has 1 aromatic carbocycles. The van der Waals surface area contributed by atoms with E-state index < -0.39 is 5.97 Å². The molecule has 1 unspecified atom stereocenters. The van der Waals surface area contributed by atoms with Gasteiger partial charge in [-0.1, -0.05) is 18.2 Å². The van der Waals surface area contributed by atoms with Crippen LogP contribution in [0.3, 0.4) is 0 Å². The first-order valence-corrected chi connectivity index (χ1v) is 4.33. The van der Waals surface area contributed by atoms with Crippen molar-refractivity contribution in [2.45, 2.75) is 13.2 Å². The summed E-state index contributed by atoms with van der Waals surface area (Å²) in [6.07, 6.45) is -0.312. The number of carboxylic acids is 1. The summed E-state index contributed by atoms with van der Waals surface area (Å²) in [5, 5.41) is 11.4. The van der Waals surface area contributed by atoms with Crippen molar-refractivity contribution < 1.29 is 14.6 Å². The third-order valence-corrected chi connectivity index (χ3v) is 1.60. The Morgan fingerprint density at radius 3 is 2.71 bits per heavy atom. The molecule has 1 rings (SSSR count). The number of anilines is 1. The zero-order chi connectivity index (χ0) is 10.4. The molecule has 0 aliphatic heterocycles. The highest BCUT2D eigenvalue weighted by Crippen LogP contribution is 2.07. The molecule has 0 fully saturated rings. The van der Waals surface area contributed by atoms with Gasteiger partial charge < -0.3 is 15.2 Å². The molecule has 2 N–H and O–H groups in total. The Kier molecular flexibility index (Phi) is 3.94. The molecular formula is C10H13NO3. The highest BCUT2D eigenvalue weighted by Gasteiger charge is 2.03. The second-order valence-electron chi connectivity index (χ2n) is 2.86. The number of carbonyl (C=O) groups is 1. The van der Waals surface area contributed by atoms with Crippen LogP contribution in [0.25, 0.3) is 0 Å². The summed E-state index contributed by atoms with van der Waals surface area (Å²) in [4.78, 5) is 10.2. The fourth-order valence-corrected chi connectivity index (χ4v) is 1.01. The van der Waals surface area contributed by atoms with Gasteiger partial charge in [-0.25, -0.2) is 4.79 Å². The number of carboxylic acid groups (broad SMARTS) is 1. The summed E-state index contributed by atoms with van der Waals surface area (Å²) in [7, 11) is 0. The molecule has 0 aromatic heterocycles. The van der Waals surface area contributed by atoms with Crippen molar-refractivity contribution in [3.63, 3.8) is 0 Å². The molecular weight excluding hydrogens is 182 g/mol. The van der Waals surface area contributed by atoms with E-state index in [1.54, 1.807) is 6.92 Å². The van der Waals surface area contributed by atoms with Crippen LogP contribution in [0.1, 0.15) is 6.92 Å². The van der Waals surface area contributed by atoms with Crippen LogP contribution < -0.4 is 5.32 Å². The van der Waals surface area contributed by atoms with Gasteiger partial charge in [-0.15, -0.1) is 0 Å². The summed E-state index contributed by atoms with van der Waals surface area (Å²) in [5.41, 5.74) is 0.908. The molecule has 4 heteroatoms. The lowest BCUT2D eigenvalue weighted by molar-refractivity contribution is -0.143. The maximum Gasteiger partial charge on any atom is 0.329 e. The Labute approximate surface area is 82.5 Å². The summed E-state index contributed by atoms with van der Waals surface area (Å²) in [5.74, 6) is -0.966. The molecule has 4 nitrogen and oxygen atoms in total. The number of aliphatic carboxylic acids is 1. The van der Waals surface area contributed by atoms with Crippen LogP contribution in [0, 0.1) is 0 Å². The summed E-state index contributed by atoms with van der Waals surface area (Å²) >= 11 is 0. The second-order valence-corrected chi connectivity index (χ2v) is 2.86. The van der Waals surface area contributed by atoms with Crippen LogP contribution in [0.5, 0.6) is 0 Å². The number of rotatable bonds is 5. The molecule has 0 aliphatic carbocycles. The SMILES string of the molecule is CC(Nc1ccccc1)OCC(=O)O. The lowest BCUT2D eigenvalue weighted by Crippen LogP contribution is -2.22. The van der Waals surface area contributed by atoms with Gasteiger partial charge in [0.15, 0.2) is 0 Å². The lowest BCUT2D eigenvalue weighted by Gasteiger charge is -2.14. The van der Waals surface area contributed by atoms with Gasteiger partial charge in [-0.3, -0.25) is 0 Å². The van der Waals surface area contributed by atoms with E-state index in [4.69, 9.17) is 9.84 Å². The van der Waals surface area contributed by atoms with Crippen LogP contribution in [0.2, 0.25) is 0 Å². The van der Waals surface area contributed by atoms with Crippen molar-refractivity contribution in [3.05, 3.63) is 30.3 Å². The Morgan fingerprint density at radius 2 is 2.14 bits per heavy atom. The van der Waals surface area contributed by atoms with Gasteiger partial charge in [0, 0.05) is 5.69 Å². The minimum atomic E-state index is -0.966. The van der Waals surface area contributed by atoms with Gasteiger partial charge >= 0.3 is 5.97 Å². The smallest absolute Gasteiger partial charge is 0.329 e. The molecule has 0 spiro atoms. The number of para-hydroxylation sites is 1. The Morgan fingerprint density at radius 1 is 1.50 bits per heavy atom. The van der Waals surface area contributed by atoms with Crippen LogP contribution in [0.15, 0.2) is 30.3 Å². The van der Waals surface area contributed by atoms with Gasteiger partial charge in [0.25, 0.3) is 0 Å². The molecule has 1 aromatic rings. The second kappa shape index (κ2) is 5.24. The molecule has 14 heavy (non-hydrogen) atoms. The van der Waals surface area contributed by atoms with Gasteiger partial charge in [-0.05, 0) is 19.1 Å². The predicted molar refractivity (Wildman–Crippen MR) is 53.1 cm³/mol. The Bertz CT molecular complexity index is 287. The quantitative estimate of drug-likeness (QED) is 0.700. The normalized spacial score (nSPS) is 12.1. The van der Waals surface area contributed by atoms with Gasteiger partial charge in [0.1, 0.15) is 12.8 Å². The van der Waals surface area contributed by atoms with E-state index in [0.717, 1.165) is 5.69 Å². The minimum Gasteiger partial charge on any atom is -0.480 e. The Balaban J connectivity index is 2.34. The van der Waals surface area contributed by atoms with Gasteiger partial charge in [-0.2, -0.15) is 0 Å². The number of hydrogen-bond donors (Lipinski definition) is 2. The highest BCUT2D eigenvalue weighted by atomic mass is 16.5. The van der Waals surface area contributed by atoms with Crippen molar-refractivity contribution in [1.82, 2.24) is 0 Å². The maximum atomic E-state index is 10.2. The first-order chi connectivity index (χ1) is 6.68. The maximum absolute atomic E-state index is 10.2. The third kappa shape index (κ3) is 3.91. The summed E-state index contributed by atoms with van der Waals surface area (Å²) in [6, 6.07) is 9.48. The van der Waals surface area contributed by atoms with Crippen LogP contribution in [-0.2, 0) is 9.53 Å². The van der Waals surface area contributed by atoms with Crippen molar-refractivity contribution in [3.8, 4) is 0 Å². The molecule has 0 saturated carbocycles. The monoisotopic (exact) mass is 195 g/mol. The van der Waals surface area contributed by atoms with E-state index in [-0.39, 0.29) is 12.8 Å². The van der Waals surface area contributed by atoms with E-state index in [9.17, 15) is 4.79 Å². The first kappa shape index (κ1) is 10.5. The lowest BCUT2D eigenvalue weighted by atomic mass is 10.3. The van der Waals surface area contributed by atoms with Crippen molar-refractivity contribution >= 4 is 11.7 Å². The zero-order valence-electron chi connectivity index (χ0n) is 7.93. The van der Waals surface area contributed by atoms with Crippen LogP contribution >= 0.6 is 0 Å². The fourth-order valence-electron chi connectivity index (χ4n) is 1.01. The van der Waals surface area contributed by atoms with Crippen LogP contribution in [0.4, 0.5) is 5.69 Å². The third-order valence-electron chi connectivity index (χ3n) is 1.60. The first-order valence-electron chi connectivity index (χ1n) is 4.33.